The second-order valence-corrected chi connectivity index (χ2v) is 4.86. The molecule has 70 valence electrons. The van der Waals surface area contributed by atoms with Gasteiger partial charge in [0, 0.05) is 17.7 Å². The number of hydrogen-bond acceptors (Lipinski definition) is 1. The fraction of sp³-hybridized carbons (Fsp3) is 0.667. The van der Waals surface area contributed by atoms with Gasteiger partial charge in [0.1, 0.15) is 0 Å². The molecule has 1 spiro atoms. The van der Waals surface area contributed by atoms with Crippen molar-refractivity contribution in [1.29, 1.82) is 0 Å². The van der Waals surface area contributed by atoms with Crippen LogP contribution in [0, 0.1) is 17.3 Å². The Morgan fingerprint density at radius 1 is 1.46 bits per heavy atom. The molecule has 1 N–H and O–H groups in total. The van der Waals surface area contributed by atoms with Crippen LogP contribution >= 0.6 is 0 Å². The van der Waals surface area contributed by atoms with Gasteiger partial charge in [0.15, 0.2) is 0 Å². The van der Waals surface area contributed by atoms with Gasteiger partial charge in [-0.15, -0.1) is 0 Å². The van der Waals surface area contributed by atoms with Gasteiger partial charge in [-0.3, -0.25) is 0 Å². The van der Waals surface area contributed by atoms with Gasteiger partial charge in [-0.25, -0.2) is 0 Å². The number of nitrogens with one attached hydrogen (secondary N) is 1. The molecule has 2 aliphatic carbocycles. The summed E-state index contributed by atoms with van der Waals surface area (Å²) in [6, 6.07) is 0. The number of fused-ring (bicyclic) bond motifs is 3. The standard InChI is InChI=1S/C12H17N/c1-9-12(5-2-6-13-9)8-10-3-4-11(12)7-10/h3-4,10-11,13H,1-2,5-8H2. The predicted molar refractivity (Wildman–Crippen MR) is 54.2 cm³/mol. The van der Waals surface area contributed by atoms with Crippen molar-refractivity contribution in [1.82, 2.24) is 5.32 Å². The molecule has 3 unspecified atom stereocenters. The zero-order valence-electron chi connectivity index (χ0n) is 8.05. The molecule has 1 aliphatic heterocycles. The molecule has 2 fully saturated rings. The monoisotopic (exact) mass is 175 g/mol. The first kappa shape index (κ1) is 7.66. The van der Waals surface area contributed by atoms with E-state index in [1.807, 2.05) is 0 Å². The second-order valence-electron chi connectivity index (χ2n) is 4.86. The highest BCUT2D eigenvalue weighted by Crippen LogP contribution is 2.58. The molecule has 0 amide bonds. The Hall–Kier alpha value is -0.720. The lowest BCUT2D eigenvalue weighted by Crippen LogP contribution is -2.39. The molecule has 1 saturated carbocycles. The maximum Gasteiger partial charge on any atom is 0.0164 e. The van der Waals surface area contributed by atoms with Crippen LogP contribution < -0.4 is 5.32 Å². The van der Waals surface area contributed by atoms with Crippen molar-refractivity contribution in [2.45, 2.75) is 25.7 Å². The summed E-state index contributed by atoms with van der Waals surface area (Å²) in [7, 11) is 0. The summed E-state index contributed by atoms with van der Waals surface area (Å²) < 4.78 is 0. The Labute approximate surface area is 79.9 Å². The van der Waals surface area contributed by atoms with E-state index in [1.165, 1.54) is 31.4 Å². The average Bonchev–Trinajstić information content (AvgIpc) is 2.70. The van der Waals surface area contributed by atoms with Crippen molar-refractivity contribution in [3.05, 3.63) is 24.4 Å². The quantitative estimate of drug-likeness (QED) is 0.558. The topological polar surface area (TPSA) is 12.0 Å². The zero-order chi connectivity index (χ0) is 8.89. The maximum absolute atomic E-state index is 4.22. The first-order valence-electron chi connectivity index (χ1n) is 5.43. The summed E-state index contributed by atoms with van der Waals surface area (Å²) in [6.45, 7) is 5.36. The molecule has 3 aliphatic rings. The number of allylic oxidation sites excluding steroid dienone is 3. The van der Waals surface area contributed by atoms with E-state index < -0.39 is 0 Å². The van der Waals surface area contributed by atoms with E-state index in [9.17, 15) is 0 Å². The molecular formula is C12H17N. The molecule has 13 heavy (non-hydrogen) atoms. The van der Waals surface area contributed by atoms with Crippen molar-refractivity contribution >= 4 is 0 Å². The van der Waals surface area contributed by atoms with Crippen molar-refractivity contribution in [2.75, 3.05) is 6.54 Å². The molecule has 1 saturated heterocycles. The number of rotatable bonds is 0. The highest BCUT2D eigenvalue weighted by atomic mass is 14.9. The summed E-state index contributed by atoms with van der Waals surface area (Å²) in [4.78, 5) is 0. The molecule has 0 radical (unpaired) electrons. The van der Waals surface area contributed by atoms with Gasteiger partial charge < -0.3 is 5.32 Å². The molecule has 1 heteroatoms. The van der Waals surface area contributed by atoms with Crippen LogP contribution in [0.2, 0.25) is 0 Å². The Morgan fingerprint density at radius 3 is 3.00 bits per heavy atom. The van der Waals surface area contributed by atoms with Gasteiger partial charge in [-0.2, -0.15) is 0 Å². The molecule has 1 heterocycles. The third-order valence-electron chi connectivity index (χ3n) is 4.25. The van der Waals surface area contributed by atoms with Crippen molar-refractivity contribution in [3.8, 4) is 0 Å². The van der Waals surface area contributed by atoms with E-state index in [1.54, 1.807) is 0 Å². The minimum Gasteiger partial charge on any atom is -0.388 e. The Morgan fingerprint density at radius 2 is 2.38 bits per heavy atom. The van der Waals surface area contributed by atoms with Gasteiger partial charge in [0.05, 0.1) is 0 Å². The molecule has 0 aromatic heterocycles. The molecule has 1 nitrogen and oxygen atoms in total. The molecule has 3 atom stereocenters. The van der Waals surface area contributed by atoms with Gasteiger partial charge in [0.2, 0.25) is 0 Å². The zero-order valence-corrected chi connectivity index (χ0v) is 8.05. The summed E-state index contributed by atoms with van der Waals surface area (Å²) in [5.74, 6) is 1.67. The minimum absolute atomic E-state index is 0.456. The van der Waals surface area contributed by atoms with E-state index in [-0.39, 0.29) is 0 Å². The normalized spacial score (nSPS) is 47.2. The van der Waals surface area contributed by atoms with Gasteiger partial charge in [-0.1, -0.05) is 18.7 Å². The van der Waals surface area contributed by atoms with Crippen LogP contribution in [0.3, 0.4) is 0 Å². The molecule has 2 bridgehead atoms. The lowest BCUT2D eigenvalue weighted by Gasteiger charge is -2.41. The van der Waals surface area contributed by atoms with Crippen LogP contribution in [0.4, 0.5) is 0 Å². The third kappa shape index (κ3) is 0.877. The first-order valence-corrected chi connectivity index (χ1v) is 5.43. The van der Waals surface area contributed by atoms with E-state index in [0.717, 1.165) is 18.4 Å². The van der Waals surface area contributed by atoms with Crippen LogP contribution in [0.1, 0.15) is 25.7 Å². The molecule has 0 aromatic rings. The largest absolute Gasteiger partial charge is 0.388 e. The summed E-state index contributed by atoms with van der Waals surface area (Å²) in [5.41, 5.74) is 1.79. The van der Waals surface area contributed by atoms with Crippen LogP contribution in [-0.4, -0.2) is 6.54 Å². The second kappa shape index (κ2) is 2.40. The fourth-order valence-electron chi connectivity index (χ4n) is 3.56. The third-order valence-corrected chi connectivity index (χ3v) is 4.25. The van der Waals surface area contributed by atoms with Gasteiger partial charge >= 0.3 is 0 Å². The highest BCUT2D eigenvalue weighted by Gasteiger charge is 2.50. The summed E-state index contributed by atoms with van der Waals surface area (Å²) >= 11 is 0. The van der Waals surface area contributed by atoms with E-state index in [0.29, 0.717) is 5.41 Å². The van der Waals surface area contributed by atoms with Crippen molar-refractivity contribution in [3.63, 3.8) is 0 Å². The van der Waals surface area contributed by atoms with E-state index in [2.05, 4.69) is 24.0 Å². The predicted octanol–water partition coefficient (Wildman–Crippen LogP) is 2.47. The molecule has 0 aromatic carbocycles. The summed E-state index contributed by atoms with van der Waals surface area (Å²) in [6.07, 6.45) is 10.3. The van der Waals surface area contributed by atoms with Crippen LogP contribution in [-0.2, 0) is 0 Å². The van der Waals surface area contributed by atoms with Crippen molar-refractivity contribution < 1.29 is 0 Å². The summed E-state index contributed by atoms with van der Waals surface area (Å²) in [5, 5.41) is 3.47. The number of piperidine rings is 1. The van der Waals surface area contributed by atoms with Gasteiger partial charge in [0.25, 0.3) is 0 Å². The molecular weight excluding hydrogens is 158 g/mol. The Bertz CT molecular complexity index is 279. The van der Waals surface area contributed by atoms with Crippen LogP contribution in [0.15, 0.2) is 24.4 Å². The maximum atomic E-state index is 4.22. The highest BCUT2D eigenvalue weighted by molar-refractivity contribution is 5.26. The van der Waals surface area contributed by atoms with E-state index >= 15 is 0 Å². The smallest absolute Gasteiger partial charge is 0.0164 e. The fourth-order valence-corrected chi connectivity index (χ4v) is 3.56. The van der Waals surface area contributed by atoms with Crippen LogP contribution in [0.25, 0.3) is 0 Å². The van der Waals surface area contributed by atoms with E-state index in [4.69, 9.17) is 0 Å². The molecule has 3 rings (SSSR count). The SMILES string of the molecule is C=C1NCCCC12CC1C=CC2C1. The lowest BCUT2D eigenvalue weighted by atomic mass is 9.69. The average molecular weight is 175 g/mol. The minimum atomic E-state index is 0.456. The van der Waals surface area contributed by atoms with Crippen LogP contribution in [0.5, 0.6) is 0 Å². The first-order chi connectivity index (χ1) is 6.31. The Kier molecular flexibility index (Phi) is 1.42. The Balaban J connectivity index is 1.96. The van der Waals surface area contributed by atoms with Gasteiger partial charge in [-0.05, 0) is 37.5 Å². The van der Waals surface area contributed by atoms with Crippen molar-refractivity contribution in [2.24, 2.45) is 17.3 Å². The number of hydrogen-bond donors (Lipinski definition) is 1. The lowest BCUT2D eigenvalue weighted by molar-refractivity contribution is 0.219.